The summed E-state index contributed by atoms with van der Waals surface area (Å²) in [5.41, 5.74) is 5.77. The molecule has 1 saturated heterocycles. The first-order chi connectivity index (χ1) is 7.06. The molecular weight excluding hydrogens is 284 g/mol. The van der Waals surface area contributed by atoms with E-state index in [1.165, 1.54) is 22.9 Å². The van der Waals surface area contributed by atoms with Gasteiger partial charge in [-0.2, -0.15) is 0 Å². The number of aliphatic carboxylic acids is 1. The summed E-state index contributed by atoms with van der Waals surface area (Å²) < 4.78 is 0. The highest BCUT2D eigenvalue weighted by atomic mass is 79.9. The van der Waals surface area contributed by atoms with E-state index in [0.717, 1.165) is 0 Å². The molecule has 0 aromatic heterocycles. The number of carbonyl (C=O) groups excluding carboxylic acids is 1. The van der Waals surface area contributed by atoms with Crippen LogP contribution in [0.25, 0.3) is 0 Å². The Labute approximate surface area is 98.8 Å². The van der Waals surface area contributed by atoms with Crippen molar-refractivity contribution < 1.29 is 14.7 Å². The summed E-state index contributed by atoms with van der Waals surface area (Å²) in [6.07, 6.45) is 1.36. The van der Waals surface area contributed by atoms with Gasteiger partial charge in [-0.05, 0) is 0 Å². The number of alkyl halides is 1. The lowest BCUT2D eigenvalue weighted by Gasteiger charge is -2.47. The number of carboxylic acids is 1. The summed E-state index contributed by atoms with van der Waals surface area (Å²) in [6.45, 7) is 0. The van der Waals surface area contributed by atoms with Gasteiger partial charge in [0.25, 0.3) is 0 Å². The molecule has 7 heteroatoms. The van der Waals surface area contributed by atoms with E-state index in [0.29, 0.717) is 5.33 Å². The molecule has 0 saturated carbocycles. The van der Waals surface area contributed by atoms with Gasteiger partial charge in [-0.25, -0.2) is 4.79 Å². The van der Waals surface area contributed by atoms with Gasteiger partial charge in [0.05, 0.1) is 22.2 Å². The van der Waals surface area contributed by atoms with E-state index < -0.39 is 11.3 Å². The predicted molar refractivity (Wildman–Crippen MR) is 59.2 cm³/mol. The van der Waals surface area contributed by atoms with Crippen LogP contribution in [0, 0.1) is 5.92 Å². The maximum Gasteiger partial charge on any atom is 0.335 e. The Kier molecular flexibility index (Phi) is 2.78. The van der Waals surface area contributed by atoms with Gasteiger partial charge in [-0.3, -0.25) is 4.79 Å². The van der Waals surface area contributed by atoms with Crippen LogP contribution in [0.2, 0.25) is 0 Å². The van der Waals surface area contributed by atoms with E-state index in [4.69, 9.17) is 10.8 Å². The van der Waals surface area contributed by atoms with Crippen molar-refractivity contribution in [1.29, 1.82) is 0 Å². The molecule has 0 aliphatic carbocycles. The molecule has 1 amide bonds. The molecule has 0 aromatic carbocycles. The monoisotopic (exact) mass is 292 g/mol. The van der Waals surface area contributed by atoms with E-state index in [-0.39, 0.29) is 22.8 Å². The smallest absolute Gasteiger partial charge is 0.335 e. The Bertz CT molecular complexity index is 360. The third-order valence-corrected chi connectivity index (χ3v) is 4.55. The van der Waals surface area contributed by atoms with Crippen molar-refractivity contribution in [2.45, 2.75) is 10.7 Å². The van der Waals surface area contributed by atoms with Crippen LogP contribution in [0.3, 0.4) is 0 Å². The average molecular weight is 293 g/mol. The molecule has 1 fully saturated rings. The summed E-state index contributed by atoms with van der Waals surface area (Å²) >= 11 is 4.57. The van der Waals surface area contributed by atoms with Crippen LogP contribution in [0.15, 0.2) is 11.8 Å². The molecule has 2 heterocycles. The minimum Gasteiger partial charge on any atom is -0.478 e. The predicted octanol–water partition coefficient (Wildman–Crippen LogP) is 0.166. The first kappa shape index (κ1) is 11.0. The second kappa shape index (κ2) is 3.80. The maximum atomic E-state index is 11.5. The van der Waals surface area contributed by atoms with Crippen LogP contribution in [-0.4, -0.2) is 38.0 Å². The first-order valence-corrected chi connectivity index (χ1v) is 6.37. The molecule has 0 aromatic rings. The van der Waals surface area contributed by atoms with Gasteiger partial charge in [0, 0.05) is 11.5 Å². The fourth-order valence-corrected chi connectivity index (χ4v) is 3.80. The molecule has 2 aliphatic rings. The molecule has 0 radical (unpaired) electrons. The van der Waals surface area contributed by atoms with Crippen LogP contribution < -0.4 is 5.73 Å². The molecule has 2 rings (SSSR count). The standard InChI is InChI=1S/C8H9BrN2O3S/c9-1-3-6(12)11-2-4(8(13)14)5(10)15-7(3)11/h2-3,5,7H,1,10H2,(H,13,14)/t3?,5?,7-/m1/s1. The highest BCUT2D eigenvalue weighted by molar-refractivity contribution is 9.09. The minimum atomic E-state index is -1.07. The number of halogens is 1. The van der Waals surface area contributed by atoms with E-state index >= 15 is 0 Å². The van der Waals surface area contributed by atoms with Crippen molar-refractivity contribution in [3.8, 4) is 0 Å². The Morgan fingerprint density at radius 2 is 2.40 bits per heavy atom. The molecule has 15 heavy (non-hydrogen) atoms. The number of hydrogen-bond acceptors (Lipinski definition) is 4. The second-order valence-electron chi connectivity index (χ2n) is 3.34. The van der Waals surface area contributed by atoms with E-state index in [9.17, 15) is 9.59 Å². The van der Waals surface area contributed by atoms with Crippen LogP contribution in [0.5, 0.6) is 0 Å². The SMILES string of the molecule is NC1S[C@@H]2C(CBr)C(=O)N2C=C1C(=O)O. The Hall–Kier alpha value is -0.530. The fraction of sp³-hybridized carbons (Fsp3) is 0.500. The summed E-state index contributed by atoms with van der Waals surface area (Å²) in [5.74, 6) is -1.20. The van der Waals surface area contributed by atoms with Crippen molar-refractivity contribution in [3.05, 3.63) is 11.8 Å². The van der Waals surface area contributed by atoms with E-state index in [1.807, 2.05) is 0 Å². The van der Waals surface area contributed by atoms with Crippen molar-refractivity contribution >= 4 is 39.6 Å². The lowest BCUT2D eigenvalue weighted by Crippen LogP contribution is -2.60. The summed E-state index contributed by atoms with van der Waals surface area (Å²) in [4.78, 5) is 23.7. The average Bonchev–Trinajstić information content (AvgIpc) is 2.17. The fourth-order valence-electron chi connectivity index (χ4n) is 1.61. The number of carbonyl (C=O) groups is 2. The van der Waals surface area contributed by atoms with Crippen molar-refractivity contribution in [3.63, 3.8) is 0 Å². The van der Waals surface area contributed by atoms with Crippen LogP contribution in [0.1, 0.15) is 0 Å². The van der Waals surface area contributed by atoms with Crippen molar-refractivity contribution in [1.82, 2.24) is 4.90 Å². The van der Waals surface area contributed by atoms with E-state index in [1.54, 1.807) is 0 Å². The minimum absolute atomic E-state index is 0.0185. The van der Waals surface area contributed by atoms with Gasteiger partial charge >= 0.3 is 5.97 Å². The maximum absolute atomic E-state index is 11.5. The van der Waals surface area contributed by atoms with E-state index in [2.05, 4.69) is 15.9 Å². The van der Waals surface area contributed by atoms with Crippen molar-refractivity contribution in [2.24, 2.45) is 11.7 Å². The quantitative estimate of drug-likeness (QED) is 0.560. The number of rotatable bonds is 2. The molecule has 3 atom stereocenters. The molecular formula is C8H9BrN2O3S. The lowest BCUT2D eigenvalue weighted by atomic mass is 10.0. The molecule has 3 N–H and O–H groups in total. The normalized spacial score (nSPS) is 34.3. The number of nitrogens with two attached hydrogens (primary N) is 1. The number of nitrogens with zero attached hydrogens (tertiary/aromatic N) is 1. The highest BCUT2D eigenvalue weighted by Crippen LogP contribution is 2.42. The number of fused-ring (bicyclic) bond motifs is 1. The zero-order valence-corrected chi connectivity index (χ0v) is 9.99. The van der Waals surface area contributed by atoms with Gasteiger partial charge in [-0.15, -0.1) is 11.8 Å². The first-order valence-electron chi connectivity index (χ1n) is 4.30. The molecule has 0 spiro atoms. The van der Waals surface area contributed by atoms with Gasteiger partial charge < -0.3 is 15.7 Å². The molecule has 82 valence electrons. The largest absolute Gasteiger partial charge is 0.478 e. The number of thioether (sulfide) groups is 1. The van der Waals surface area contributed by atoms with Crippen LogP contribution in [-0.2, 0) is 9.59 Å². The Morgan fingerprint density at radius 1 is 1.73 bits per heavy atom. The van der Waals surface area contributed by atoms with Crippen LogP contribution >= 0.6 is 27.7 Å². The summed E-state index contributed by atoms with van der Waals surface area (Å²) in [7, 11) is 0. The number of amides is 1. The third-order valence-electron chi connectivity index (χ3n) is 2.47. The van der Waals surface area contributed by atoms with Gasteiger partial charge in [0.1, 0.15) is 0 Å². The molecule has 2 aliphatic heterocycles. The zero-order chi connectivity index (χ0) is 11.2. The molecule has 2 unspecified atom stereocenters. The molecule has 5 nitrogen and oxygen atoms in total. The summed E-state index contributed by atoms with van der Waals surface area (Å²) in [6, 6.07) is 0. The third kappa shape index (κ3) is 1.58. The molecule has 0 bridgehead atoms. The summed E-state index contributed by atoms with van der Waals surface area (Å²) in [5, 5.41) is 8.85. The lowest BCUT2D eigenvalue weighted by molar-refractivity contribution is -0.144. The van der Waals surface area contributed by atoms with Gasteiger partial charge in [0.2, 0.25) is 5.91 Å². The number of β-lactam (4-membered cyclic amide) rings is 1. The number of carboxylic acid groups (broad SMARTS) is 1. The zero-order valence-electron chi connectivity index (χ0n) is 7.59. The topological polar surface area (TPSA) is 83.6 Å². The number of hydrogen-bond donors (Lipinski definition) is 2. The van der Waals surface area contributed by atoms with Crippen molar-refractivity contribution in [2.75, 3.05) is 5.33 Å². The van der Waals surface area contributed by atoms with Gasteiger partial charge in [0.15, 0.2) is 0 Å². The Balaban J connectivity index is 2.23. The highest BCUT2D eigenvalue weighted by Gasteiger charge is 2.50. The van der Waals surface area contributed by atoms with Gasteiger partial charge in [-0.1, -0.05) is 15.9 Å². The van der Waals surface area contributed by atoms with Crippen LogP contribution in [0.4, 0.5) is 0 Å². The second-order valence-corrected chi connectivity index (χ2v) is 5.25. The Morgan fingerprint density at radius 3 is 2.93 bits per heavy atom.